The summed E-state index contributed by atoms with van der Waals surface area (Å²) < 4.78 is 33.3. The molecule has 27 heavy (non-hydrogen) atoms. The predicted octanol–water partition coefficient (Wildman–Crippen LogP) is 2.48. The molecule has 0 amide bonds. The number of aromatic nitrogens is 4. The van der Waals surface area contributed by atoms with Gasteiger partial charge in [-0.3, -0.25) is 4.79 Å². The number of ether oxygens (including phenoxy) is 1. The molecule has 3 aromatic rings. The average Bonchev–Trinajstić information content (AvgIpc) is 3.11. The summed E-state index contributed by atoms with van der Waals surface area (Å²) in [5, 5.41) is 8.07. The molecule has 3 heterocycles. The van der Waals surface area contributed by atoms with E-state index < -0.39 is 12.2 Å². The number of nitrogens with zero attached hydrogens (tertiary/aromatic N) is 4. The molecule has 2 unspecified atom stereocenters. The number of halogens is 2. The standard InChI is InChI=1S/C18H17F2N5O2/c1-10-6-7-15(26)25(24-10)14-9-27-8-13(14)22-17-11-4-2-3-5-12(11)21-18(23-17)16(19)20/h2-7,13-14,16H,8-9H2,1H3,(H,21,22,23). The Kier molecular flexibility index (Phi) is 4.53. The van der Waals surface area contributed by atoms with Gasteiger partial charge in [-0.25, -0.2) is 23.4 Å². The highest BCUT2D eigenvalue weighted by molar-refractivity contribution is 5.89. The smallest absolute Gasteiger partial charge is 0.297 e. The summed E-state index contributed by atoms with van der Waals surface area (Å²) in [5.41, 5.74) is 0.878. The van der Waals surface area contributed by atoms with Gasteiger partial charge in [0.25, 0.3) is 12.0 Å². The van der Waals surface area contributed by atoms with Crippen molar-refractivity contribution in [1.29, 1.82) is 0 Å². The zero-order valence-corrected chi connectivity index (χ0v) is 14.5. The van der Waals surface area contributed by atoms with E-state index >= 15 is 0 Å². The quantitative estimate of drug-likeness (QED) is 0.757. The van der Waals surface area contributed by atoms with Crippen LogP contribution in [-0.2, 0) is 4.74 Å². The second kappa shape index (κ2) is 6.99. The lowest BCUT2D eigenvalue weighted by atomic mass is 10.1. The van der Waals surface area contributed by atoms with Crippen LogP contribution in [0.2, 0.25) is 0 Å². The molecule has 0 spiro atoms. The van der Waals surface area contributed by atoms with E-state index in [1.54, 1.807) is 37.3 Å². The van der Waals surface area contributed by atoms with E-state index in [0.29, 0.717) is 29.8 Å². The number of rotatable bonds is 4. The molecule has 140 valence electrons. The molecule has 1 N–H and O–H groups in total. The second-order valence-electron chi connectivity index (χ2n) is 6.36. The lowest BCUT2D eigenvalue weighted by molar-refractivity contribution is 0.141. The fourth-order valence-corrected chi connectivity index (χ4v) is 3.16. The molecule has 4 rings (SSSR count). The minimum atomic E-state index is -2.79. The Morgan fingerprint density at radius 2 is 2.00 bits per heavy atom. The highest BCUT2D eigenvalue weighted by atomic mass is 19.3. The number of aryl methyl sites for hydroxylation is 1. The van der Waals surface area contributed by atoms with Crippen molar-refractivity contribution in [3.63, 3.8) is 0 Å². The normalized spacial score (nSPS) is 19.7. The van der Waals surface area contributed by atoms with Crippen molar-refractivity contribution in [3.8, 4) is 0 Å². The van der Waals surface area contributed by atoms with E-state index in [2.05, 4.69) is 20.4 Å². The van der Waals surface area contributed by atoms with Gasteiger partial charge in [0.1, 0.15) is 11.9 Å². The van der Waals surface area contributed by atoms with Gasteiger partial charge in [-0.1, -0.05) is 12.1 Å². The molecule has 1 saturated heterocycles. The minimum absolute atomic E-state index is 0.247. The first kappa shape index (κ1) is 17.5. The molecule has 7 nitrogen and oxygen atoms in total. The molecule has 0 aliphatic carbocycles. The summed E-state index contributed by atoms with van der Waals surface area (Å²) in [6, 6.07) is 9.30. The van der Waals surface area contributed by atoms with Gasteiger partial charge in [0.15, 0.2) is 5.82 Å². The maximum atomic E-state index is 13.2. The average molecular weight is 373 g/mol. The number of anilines is 1. The Hall–Kier alpha value is -2.94. The van der Waals surface area contributed by atoms with Gasteiger partial charge in [0.2, 0.25) is 0 Å². The minimum Gasteiger partial charge on any atom is -0.377 e. The van der Waals surface area contributed by atoms with E-state index in [1.807, 2.05) is 0 Å². The molecular formula is C18H17F2N5O2. The zero-order chi connectivity index (χ0) is 19.0. The molecule has 0 saturated carbocycles. The molecule has 0 bridgehead atoms. The first-order chi connectivity index (χ1) is 13.0. The summed E-state index contributed by atoms with van der Waals surface area (Å²) in [6.07, 6.45) is -2.79. The number of para-hydroxylation sites is 1. The summed E-state index contributed by atoms with van der Waals surface area (Å²) in [7, 11) is 0. The predicted molar refractivity (Wildman–Crippen MR) is 95.0 cm³/mol. The largest absolute Gasteiger partial charge is 0.377 e. The van der Waals surface area contributed by atoms with Crippen LogP contribution in [0.25, 0.3) is 10.9 Å². The van der Waals surface area contributed by atoms with Crippen molar-refractivity contribution in [2.45, 2.75) is 25.4 Å². The van der Waals surface area contributed by atoms with Crippen LogP contribution >= 0.6 is 0 Å². The van der Waals surface area contributed by atoms with Crippen molar-refractivity contribution in [2.24, 2.45) is 0 Å². The summed E-state index contributed by atoms with van der Waals surface area (Å²) in [5.74, 6) is -0.255. The summed E-state index contributed by atoms with van der Waals surface area (Å²) >= 11 is 0. The monoisotopic (exact) mass is 373 g/mol. The highest BCUT2D eigenvalue weighted by Gasteiger charge is 2.32. The Labute approximate surface area is 153 Å². The van der Waals surface area contributed by atoms with Gasteiger partial charge in [0, 0.05) is 11.5 Å². The van der Waals surface area contributed by atoms with Crippen molar-refractivity contribution in [1.82, 2.24) is 19.7 Å². The van der Waals surface area contributed by atoms with Crippen LogP contribution in [-0.4, -0.2) is 39.0 Å². The number of hydrogen-bond donors (Lipinski definition) is 1. The molecule has 2 aromatic heterocycles. The van der Waals surface area contributed by atoms with Crippen molar-refractivity contribution < 1.29 is 13.5 Å². The maximum absolute atomic E-state index is 13.2. The summed E-state index contributed by atoms with van der Waals surface area (Å²) in [6.45, 7) is 2.38. The number of hydrogen-bond acceptors (Lipinski definition) is 6. The molecular weight excluding hydrogens is 356 g/mol. The number of fused-ring (bicyclic) bond motifs is 1. The van der Waals surface area contributed by atoms with Crippen molar-refractivity contribution >= 4 is 16.7 Å². The Bertz CT molecular complexity index is 1040. The SMILES string of the molecule is Cc1ccc(=O)n(C2COCC2Nc2nc(C(F)F)nc3ccccc23)n1. The third-order valence-electron chi connectivity index (χ3n) is 4.46. The Balaban J connectivity index is 1.73. The van der Waals surface area contributed by atoms with Gasteiger partial charge >= 0.3 is 0 Å². The van der Waals surface area contributed by atoms with Crippen LogP contribution in [0.4, 0.5) is 14.6 Å². The second-order valence-corrected chi connectivity index (χ2v) is 6.36. The van der Waals surface area contributed by atoms with Crippen molar-refractivity contribution in [2.75, 3.05) is 18.5 Å². The fraction of sp³-hybridized carbons (Fsp3) is 0.333. The van der Waals surface area contributed by atoms with Gasteiger partial charge in [-0.2, -0.15) is 5.10 Å². The lowest BCUT2D eigenvalue weighted by Crippen LogP contribution is -2.37. The Morgan fingerprint density at radius 1 is 1.19 bits per heavy atom. The van der Waals surface area contributed by atoms with Crippen LogP contribution < -0.4 is 10.9 Å². The molecule has 9 heteroatoms. The Morgan fingerprint density at radius 3 is 2.81 bits per heavy atom. The van der Waals surface area contributed by atoms with Crippen LogP contribution in [0.3, 0.4) is 0 Å². The van der Waals surface area contributed by atoms with Gasteiger partial charge in [-0.15, -0.1) is 0 Å². The topological polar surface area (TPSA) is 81.9 Å². The van der Waals surface area contributed by atoms with Gasteiger partial charge in [0.05, 0.1) is 30.5 Å². The molecule has 1 aliphatic heterocycles. The van der Waals surface area contributed by atoms with E-state index in [0.717, 1.165) is 0 Å². The van der Waals surface area contributed by atoms with Gasteiger partial charge < -0.3 is 10.1 Å². The van der Waals surface area contributed by atoms with Crippen LogP contribution in [0.5, 0.6) is 0 Å². The van der Waals surface area contributed by atoms with Crippen molar-refractivity contribution in [3.05, 3.63) is 58.3 Å². The third kappa shape index (κ3) is 3.37. The summed E-state index contributed by atoms with van der Waals surface area (Å²) in [4.78, 5) is 20.1. The molecule has 1 aliphatic rings. The molecule has 1 fully saturated rings. The van der Waals surface area contributed by atoms with Crippen LogP contribution in [0, 0.1) is 6.92 Å². The number of nitrogens with one attached hydrogen (secondary N) is 1. The van der Waals surface area contributed by atoms with Gasteiger partial charge in [-0.05, 0) is 25.1 Å². The molecule has 2 atom stereocenters. The fourth-order valence-electron chi connectivity index (χ4n) is 3.16. The van der Waals surface area contributed by atoms with E-state index in [1.165, 1.54) is 10.7 Å². The molecule has 1 aromatic carbocycles. The molecule has 0 radical (unpaired) electrons. The van der Waals surface area contributed by atoms with E-state index in [-0.39, 0.29) is 23.5 Å². The maximum Gasteiger partial charge on any atom is 0.297 e. The zero-order valence-electron chi connectivity index (χ0n) is 14.5. The lowest BCUT2D eigenvalue weighted by Gasteiger charge is -2.22. The number of benzene rings is 1. The number of alkyl halides is 2. The van der Waals surface area contributed by atoms with Crippen LogP contribution in [0.15, 0.2) is 41.2 Å². The van der Waals surface area contributed by atoms with E-state index in [4.69, 9.17) is 4.74 Å². The highest BCUT2D eigenvalue weighted by Crippen LogP contribution is 2.28. The van der Waals surface area contributed by atoms with E-state index in [9.17, 15) is 13.6 Å². The van der Waals surface area contributed by atoms with Crippen LogP contribution in [0.1, 0.15) is 24.0 Å². The first-order valence-corrected chi connectivity index (χ1v) is 8.48. The third-order valence-corrected chi connectivity index (χ3v) is 4.46. The first-order valence-electron chi connectivity index (χ1n) is 8.48.